The van der Waals surface area contributed by atoms with Crippen molar-refractivity contribution in [3.8, 4) is 5.75 Å². The molecule has 3 rings (SSSR count). The molecular formula is C21H23ClN4O2S. The van der Waals surface area contributed by atoms with Gasteiger partial charge in [0.2, 0.25) is 5.91 Å². The molecular weight excluding hydrogens is 408 g/mol. The summed E-state index contributed by atoms with van der Waals surface area (Å²) in [6.07, 6.45) is -0.263. The van der Waals surface area contributed by atoms with Crippen LogP contribution in [-0.4, -0.2) is 26.4 Å². The van der Waals surface area contributed by atoms with Crippen LogP contribution in [0.25, 0.3) is 0 Å². The third-order valence-electron chi connectivity index (χ3n) is 4.28. The Morgan fingerprint density at radius 3 is 2.62 bits per heavy atom. The summed E-state index contributed by atoms with van der Waals surface area (Å²) in [6.45, 7) is 6.66. The maximum atomic E-state index is 12.2. The second-order valence-electron chi connectivity index (χ2n) is 6.45. The molecule has 29 heavy (non-hydrogen) atoms. The molecule has 8 heteroatoms. The van der Waals surface area contributed by atoms with E-state index in [1.54, 1.807) is 24.3 Å². The van der Waals surface area contributed by atoms with E-state index in [4.69, 9.17) is 16.3 Å². The van der Waals surface area contributed by atoms with Gasteiger partial charge < -0.3 is 14.6 Å². The van der Waals surface area contributed by atoms with Crippen molar-refractivity contribution >= 4 is 35.0 Å². The van der Waals surface area contributed by atoms with Gasteiger partial charge in [-0.05, 0) is 56.7 Å². The molecule has 1 N–H and O–H groups in total. The summed E-state index contributed by atoms with van der Waals surface area (Å²) in [5.41, 5.74) is 1.77. The largest absolute Gasteiger partial charge is 0.482 e. The van der Waals surface area contributed by atoms with E-state index >= 15 is 0 Å². The fraction of sp³-hybridized carbons (Fsp3) is 0.286. The number of aromatic nitrogens is 3. The van der Waals surface area contributed by atoms with Crippen molar-refractivity contribution in [3.05, 3.63) is 64.9 Å². The SMILES string of the molecule is CCn1c(SCC(=O)Nc2ccc(Cl)cc2)nnc1C(C)Oc1ccccc1C. The van der Waals surface area contributed by atoms with Crippen molar-refractivity contribution in [2.75, 3.05) is 11.1 Å². The molecule has 6 nitrogen and oxygen atoms in total. The maximum Gasteiger partial charge on any atom is 0.234 e. The van der Waals surface area contributed by atoms with Crippen LogP contribution >= 0.6 is 23.4 Å². The summed E-state index contributed by atoms with van der Waals surface area (Å²) in [5.74, 6) is 1.67. The van der Waals surface area contributed by atoms with Gasteiger partial charge in [0.15, 0.2) is 17.1 Å². The van der Waals surface area contributed by atoms with Crippen LogP contribution < -0.4 is 10.1 Å². The predicted molar refractivity (Wildman–Crippen MR) is 117 cm³/mol. The van der Waals surface area contributed by atoms with Gasteiger partial charge in [0.05, 0.1) is 5.75 Å². The van der Waals surface area contributed by atoms with Gasteiger partial charge in [-0.15, -0.1) is 10.2 Å². The quantitative estimate of drug-likeness (QED) is 0.501. The van der Waals surface area contributed by atoms with E-state index in [0.717, 1.165) is 17.1 Å². The molecule has 0 radical (unpaired) electrons. The molecule has 152 valence electrons. The minimum Gasteiger partial charge on any atom is -0.482 e. The molecule has 1 aromatic heterocycles. The zero-order chi connectivity index (χ0) is 20.8. The number of carbonyl (C=O) groups is 1. The lowest BCUT2D eigenvalue weighted by atomic mass is 10.2. The molecule has 0 aliphatic heterocycles. The van der Waals surface area contributed by atoms with Crippen molar-refractivity contribution in [2.45, 2.75) is 38.6 Å². The van der Waals surface area contributed by atoms with Crippen LogP contribution in [0.15, 0.2) is 53.7 Å². The Bertz CT molecular complexity index is 975. The average Bonchev–Trinajstić information content (AvgIpc) is 3.13. The summed E-state index contributed by atoms with van der Waals surface area (Å²) in [7, 11) is 0. The molecule has 1 amide bonds. The highest BCUT2D eigenvalue weighted by Gasteiger charge is 2.20. The van der Waals surface area contributed by atoms with E-state index in [0.29, 0.717) is 22.4 Å². The average molecular weight is 431 g/mol. The Kier molecular flexibility index (Phi) is 7.17. The normalized spacial score (nSPS) is 11.9. The van der Waals surface area contributed by atoms with Gasteiger partial charge >= 0.3 is 0 Å². The molecule has 1 unspecified atom stereocenters. The predicted octanol–water partition coefficient (Wildman–Crippen LogP) is 5.13. The van der Waals surface area contributed by atoms with Gasteiger partial charge in [-0.3, -0.25) is 4.79 Å². The number of para-hydroxylation sites is 1. The summed E-state index contributed by atoms with van der Waals surface area (Å²) in [5, 5.41) is 12.7. The summed E-state index contributed by atoms with van der Waals surface area (Å²) < 4.78 is 8.05. The summed E-state index contributed by atoms with van der Waals surface area (Å²) in [4.78, 5) is 12.2. The van der Waals surface area contributed by atoms with Crippen molar-refractivity contribution in [1.82, 2.24) is 14.8 Å². The monoisotopic (exact) mass is 430 g/mol. The first kappa shape index (κ1) is 21.2. The van der Waals surface area contributed by atoms with Crippen molar-refractivity contribution < 1.29 is 9.53 Å². The van der Waals surface area contributed by atoms with Gasteiger partial charge in [0, 0.05) is 17.3 Å². The first-order chi connectivity index (χ1) is 14.0. The highest BCUT2D eigenvalue weighted by molar-refractivity contribution is 7.99. The van der Waals surface area contributed by atoms with Gasteiger partial charge in [0.25, 0.3) is 0 Å². The number of aryl methyl sites for hydroxylation is 1. The Balaban J connectivity index is 1.63. The highest BCUT2D eigenvalue weighted by Crippen LogP contribution is 2.26. The van der Waals surface area contributed by atoms with Crippen LogP contribution in [-0.2, 0) is 11.3 Å². The lowest BCUT2D eigenvalue weighted by Gasteiger charge is -2.17. The third-order valence-corrected chi connectivity index (χ3v) is 5.50. The number of ether oxygens (including phenoxy) is 1. The molecule has 3 aromatic rings. The number of hydrogen-bond donors (Lipinski definition) is 1. The number of anilines is 1. The van der Waals surface area contributed by atoms with E-state index in [2.05, 4.69) is 15.5 Å². The van der Waals surface area contributed by atoms with Gasteiger partial charge in [0.1, 0.15) is 5.75 Å². The summed E-state index contributed by atoms with van der Waals surface area (Å²) >= 11 is 7.21. The number of nitrogens with zero attached hydrogens (tertiary/aromatic N) is 3. The molecule has 0 bridgehead atoms. The van der Waals surface area contributed by atoms with E-state index in [9.17, 15) is 4.79 Å². The van der Waals surface area contributed by atoms with Crippen molar-refractivity contribution in [2.24, 2.45) is 0 Å². The Morgan fingerprint density at radius 2 is 1.93 bits per heavy atom. The molecule has 1 heterocycles. The van der Waals surface area contributed by atoms with E-state index in [1.165, 1.54) is 11.8 Å². The minimum absolute atomic E-state index is 0.117. The molecule has 0 spiro atoms. The number of hydrogen-bond acceptors (Lipinski definition) is 5. The lowest BCUT2D eigenvalue weighted by Crippen LogP contribution is -2.15. The highest BCUT2D eigenvalue weighted by atomic mass is 35.5. The first-order valence-corrected chi connectivity index (χ1v) is 10.7. The van der Waals surface area contributed by atoms with Gasteiger partial charge in [-0.2, -0.15) is 0 Å². The zero-order valence-electron chi connectivity index (χ0n) is 16.6. The molecule has 2 aromatic carbocycles. The molecule has 0 fully saturated rings. The number of halogens is 1. The topological polar surface area (TPSA) is 69.0 Å². The zero-order valence-corrected chi connectivity index (χ0v) is 18.1. The van der Waals surface area contributed by atoms with E-state index in [-0.39, 0.29) is 17.8 Å². The second-order valence-corrected chi connectivity index (χ2v) is 7.83. The first-order valence-electron chi connectivity index (χ1n) is 9.31. The molecule has 0 saturated carbocycles. The smallest absolute Gasteiger partial charge is 0.234 e. The van der Waals surface area contributed by atoms with Crippen LogP contribution in [0.3, 0.4) is 0 Å². The standard InChI is InChI=1S/C21H23ClN4O2S/c1-4-26-20(15(3)28-18-8-6-5-7-14(18)2)24-25-21(26)29-13-19(27)23-17-11-9-16(22)10-12-17/h5-12,15H,4,13H2,1-3H3,(H,23,27). The molecule has 0 aliphatic rings. The van der Waals surface area contributed by atoms with Gasteiger partial charge in [-0.25, -0.2) is 0 Å². The Labute approximate surface area is 179 Å². The van der Waals surface area contributed by atoms with Crippen molar-refractivity contribution in [1.29, 1.82) is 0 Å². The number of amides is 1. The second kappa shape index (κ2) is 9.80. The number of benzene rings is 2. The molecule has 1 atom stereocenters. The van der Waals surface area contributed by atoms with E-state index in [1.807, 2.05) is 49.6 Å². The number of thioether (sulfide) groups is 1. The summed E-state index contributed by atoms with van der Waals surface area (Å²) in [6, 6.07) is 14.9. The molecule has 0 aliphatic carbocycles. The maximum absolute atomic E-state index is 12.2. The van der Waals surface area contributed by atoms with Crippen LogP contribution in [0.1, 0.15) is 31.3 Å². The lowest BCUT2D eigenvalue weighted by molar-refractivity contribution is -0.113. The third kappa shape index (κ3) is 5.52. The van der Waals surface area contributed by atoms with Crippen molar-refractivity contribution in [3.63, 3.8) is 0 Å². The fourth-order valence-electron chi connectivity index (χ4n) is 2.80. The van der Waals surface area contributed by atoms with Crippen LogP contribution in [0.2, 0.25) is 5.02 Å². The Morgan fingerprint density at radius 1 is 1.21 bits per heavy atom. The van der Waals surface area contributed by atoms with E-state index < -0.39 is 0 Å². The number of rotatable bonds is 8. The van der Waals surface area contributed by atoms with Crippen LogP contribution in [0.4, 0.5) is 5.69 Å². The number of carbonyl (C=O) groups excluding carboxylic acids is 1. The van der Waals surface area contributed by atoms with Gasteiger partial charge in [-0.1, -0.05) is 41.6 Å². The van der Waals surface area contributed by atoms with Crippen LogP contribution in [0.5, 0.6) is 5.75 Å². The van der Waals surface area contributed by atoms with Crippen LogP contribution in [0, 0.1) is 6.92 Å². The number of nitrogens with one attached hydrogen (secondary N) is 1. The molecule has 0 saturated heterocycles. The Hall–Kier alpha value is -2.51. The fourth-order valence-corrected chi connectivity index (χ4v) is 3.73. The minimum atomic E-state index is -0.263.